The lowest BCUT2D eigenvalue weighted by atomic mass is 10.2. The van der Waals surface area contributed by atoms with Crippen LogP contribution in [0.3, 0.4) is 0 Å². The number of pyridine rings is 1. The average Bonchev–Trinajstić information content (AvgIpc) is 2.77. The Morgan fingerprint density at radius 1 is 1.10 bits per heavy atom. The van der Waals surface area contributed by atoms with Crippen LogP contribution >= 0.6 is 0 Å². The van der Waals surface area contributed by atoms with Crippen LogP contribution in [-0.4, -0.2) is 33.5 Å². The van der Waals surface area contributed by atoms with E-state index in [2.05, 4.69) is 4.98 Å². The fraction of sp³-hybridized carbons (Fsp3) is 0.133. The fourth-order valence-corrected chi connectivity index (χ4v) is 2.27. The average molecular weight is 283 g/mol. The molecule has 2 aromatic rings. The lowest BCUT2D eigenvalue weighted by Crippen LogP contribution is -2.32. The van der Waals surface area contributed by atoms with E-state index in [-0.39, 0.29) is 24.7 Å². The lowest BCUT2D eigenvalue weighted by Gasteiger charge is -2.17. The van der Waals surface area contributed by atoms with Crippen molar-refractivity contribution in [2.75, 3.05) is 11.4 Å². The minimum atomic E-state index is -0.394. The molecule has 3 rings (SSSR count). The predicted octanol–water partition coefficient (Wildman–Crippen LogP) is 1.76. The number of anilines is 1. The topological polar surface area (TPSA) is 73.7 Å². The number of benzene rings is 1. The molecule has 0 atom stereocenters. The molecule has 0 unspecified atom stereocenters. The van der Waals surface area contributed by atoms with Gasteiger partial charge in [-0.05, 0) is 18.2 Å². The van der Waals surface area contributed by atoms with Gasteiger partial charge in [0.05, 0.1) is 12.2 Å². The number of phenolic OH excluding ortho intramolecular Hbond substituents is 1. The highest BCUT2D eigenvalue weighted by Crippen LogP contribution is 2.24. The summed E-state index contributed by atoms with van der Waals surface area (Å²) in [5.74, 6) is -0.179. The van der Waals surface area contributed by atoms with Crippen LogP contribution in [0.25, 0.3) is 0 Å². The maximum atomic E-state index is 12.4. The van der Waals surface area contributed by atoms with Crippen LogP contribution in [-0.2, 0) is 11.3 Å². The second-order valence-corrected chi connectivity index (χ2v) is 4.70. The number of para-hydroxylation sites is 1. The number of aromatic hydroxyl groups is 1. The molecule has 0 spiro atoms. The monoisotopic (exact) mass is 283 g/mol. The zero-order valence-corrected chi connectivity index (χ0v) is 11.1. The van der Waals surface area contributed by atoms with Gasteiger partial charge in [-0.15, -0.1) is 0 Å². The zero-order chi connectivity index (χ0) is 14.8. The molecule has 6 nitrogen and oxygen atoms in total. The molecule has 6 heteroatoms. The number of carbonyl (C=O) groups is 2. The number of phenols is 1. The summed E-state index contributed by atoms with van der Waals surface area (Å²) in [4.78, 5) is 30.8. The summed E-state index contributed by atoms with van der Waals surface area (Å²) in [7, 11) is 0. The van der Waals surface area contributed by atoms with Crippen molar-refractivity contribution in [1.82, 2.24) is 9.88 Å². The van der Waals surface area contributed by atoms with E-state index in [4.69, 9.17) is 0 Å². The molecule has 1 saturated heterocycles. The summed E-state index contributed by atoms with van der Waals surface area (Å²) < 4.78 is 0. The van der Waals surface area contributed by atoms with Gasteiger partial charge >= 0.3 is 6.03 Å². The molecule has 106 valence electrons. The van der Waals surface area contributed by atoms with E-state index < -0.39 is 6.03 Å². The van der Waals surface area contributed by atoms with Crippen molar-refractivity contribution in [1.29, 1.82) is 0 Å². The maximum Gasteiger partial charge on any atom is 0.332 e. The SMILES string of the molecule is O=C1CN(Cc2ccccc2O)C(=O)N1c1ccncc1. The fourth-order valence-electron chi connectivity index (χ4n) is 2.27. The van der Waals surface area contributed by atoms with E-state index in [1.807, 2.05) is 0 Å². The third kappa shape index (κ3) is 2.43. The number of urea groups is 1. The Balaban J connectivity index is 1.83. The van der Waals surface area contributed by atoms with Gasteiger partial charge in [-0.2, -0.15) is 0 Å². The molecule has 1 fully saturated rings. The van der Waals surface area contributed by atoms with Crippen molar-refractivity contribution in [3.05, 3.63) is 54.4 Å². The standard InChI is InChI=1S/C15H13N3O3/c19-13-4-2-1-3-11(13)9-17-10-14(20)18(15(17)21)12-5-7-16-8-6-12/h1-8,19H,9-10H2. The first-order valence-corrected chi connectivity index (χ1v) is 6.45. The Morgan fingerprint density at radius 3 is 2.52 bits per heavy atom. The first kappa shape index (κ1) is 13.1. The molecule has 1 aromatic carbocycles. The van der Waals surface area contributed by atoms with Gasteiger partial charge in [0.15, 0.2) is 0 Å². The molecule has 1 aliphatic rings. The normalized spacial score (nSPS) is 14.9. The number of amides is 3. The summed E-state index contributed by atoms with van der Waals surface area (Å²) in [5, 5.41) is 9.76. The first-order chi connectivity index (χ1) is 10.2. The van der Waals surface area contributed by atoms with Gasteiger partial charge in [0.1, 0.15) is 12.3 Å². The minimum Gasteiger partial charge on any atom is -0.508 e. The third-order valence-electron chi connectivity index (χ3n) is 3.31. The van der Waals surface area contributed by atoms with Gasteiger partial charge in [0.2, 0.25) is 0 Å². The Hall–Kier alpha value is -2.89. The van der Waals surface area contributed by atoms with Crippen LogP contribution in [0.15, 0.2) is 48.8 Å². The van der Waals surface area contributed by atoms with Gasteiger partial charge in [-0.1, -0.05) is 18.2 Å². The minimum absolute atomic E-state index is 0.00447. The highest BCUT2D eigenvalue weighted by Gasteiger charge is 2.37. The smallest absolute Gasteiger partial charge is 0.332 e. The van der Waals surface area contributed by atoms with E-state index in [1.165, 1.54) is 17.3 Å². The number of imide groups is 1. The first-order valence-electron chi connectivity index (χ1n) is 6.45. The van der Waals surface area contributed by atoms with Crippen molar-refractivity contribution in [2.45, 2.75) is 6.54 Å². The van der Waals surface area contributed by atoms with Crippen LogP contribution in [0, 0.1) is 0 Å². The Labute approximate surface area is 121 Å². The van der Waals surface area contributed by atoms with Crippen LogP contribution in [0.2, 0.25) is 0 Å². The molecule has 1 N–H and O–H groups in total. The Morgan fingerprint density at radius 2 is 1.81 bits per heavy atom. The summed E-state index contributed by atoms with van der Waals surface area (Å²) in [5.41, 5.74) is 1.11. The number of rotatable bonds is 3. The zero-order valence-electron chi connectivity index (χ0n) is 11.1. The second-order valence-electron chi connectivity index (χ2n) is 4.70. The van der Waals surface area contributed by atoms with E-state index in [9.17, 15) is 14.7 Å². The van der Waals surface area contributed by atoms with Gasteiger partial charge in [0.25, 0.3) is 5.91 Å². The Kier molecular flexibility index (Phi) is 3.27. The quantitative estimate of drug-likeness (QED) is 0.871. The predicted molar refractivity (Wildman–Crippen MR) is 75.6 cm³/mol. The molecule has 1 aromatic heterocycles. The van der Waals surface area contributed by atoms with E-state index in [0.29, 0.717) is 11.3 Å². The molecule has 1 aliphatic heterocycles. The molecule has 0 radical (unpaired) electrons. The van der Waals surface area contributed by atoms with E-state index in [1.54, 1.807) is 36.4 Å². The van der Waals surface area contributed by atoms with Crippen LogP contribution in [0.5, 0.6) is 5.75 Å². The van der Waals surface area contributed by atoms with Gasteiger partial charge in [-0.25, -0.2) is 9.69 Å². The summed E-state index contributed by atoms with van der Waals surface area (Å²) in [6.07, 6.45) is 3.06. The highest BCUT2D eigenvalue weighted by molar-refractivity contribution is 6.19. The van der Waals surface area contributed by atoms with Crippen LogP contribution < -0.4 is 4.90 Å². The number of aromatic nitrogens is 1. The van der Waals surface area contributed by atoms with E-state index >= 15 is 0 Å². The van der Waals surface area contributed by atoms with Crippen LogP contribution in [0.1, 0.15) is 5.56 Å². The molecule has 0 bridgehead atoms. The molecular formula is C15H13N3O3. The van der Waals surface area contributed by atoms with Crippen molar-refractivity contribution in [3.63, 3.8) is 0 Å². The molecule has 3 amide bonds. The third-order valence-corrected chi connectivity index (χ3v) is 3.31. The molecule has 21 heavy (non-hydrogen) atoms. The van der Waals surface area contributed by atoms with Gasteiger partial charge in [0, 0.05) is 18.0 Å². The maximum absolute atomic E-state index is 12.4. The Bertz CT molecular complexity index is 688. The largest absolute Gasteiger partial charge is 0.508 e. The van der Waals surface area contributed by atoms with Crippen molar-refractivity contribution in [2.24, 2.45) is 0 Å². The van der Waals surface area contributed by atoms with Gasteiger partial charge < -0.3 is 10.0 Å². The summed E-state index contributed by atoms with van der Waals surface area (Å²) in [6.45, 7) is 0.189. The molecule has 0 saturated carbocycles. The number of nitrogens with zero attached hydrogens (tertiary/aromatic N) is 3. The second kappa shape index (κ2) is 5.24. The highest BCUT2D eigenvalue weighted by atomic mass is 16.3. The van der Waals surface area contributed by atoms with Crippen molar-refractivity contribution >= 4 is 17.6 Å². The molecule has 2 heterocycles. The van der Waals surface area contributed by atoms with Crippen LogP contribution in [0.4, 0.5) is 10.5 Å². The molecular weight excluding hydrogens is 270 g/mol. The van der Waals surface area contributed by atoms with E-state index in [0.717, 1.165) is 4.90 Å². The number of hydrogen-bond acceptors (Lipinski definition) is 4. The van der Waals surface area contributed by atoms with Crippen molar-refractivity contribution < 1.29 is 14.7 Å². The van der Waals surface area contributed by atoms with Crippen molar-refractivity contribution in [3.8, 4) is 5.75 Å². The summed E-state index contributed by atoms with van der Waals surface area (Å²) in [6, 6.07) is 9.59. The summed E-state index contributed by atoms with van der Waals surface area (Å²) >= 11 is 0. The lowest BCUT2D eigenvalue weighted by molar-refractivity contribution is -0.116. The number of carbonyl (C=O) groups excluding carboxylic acids is 2. The van der Waals surface area contributed by atoms with Gasteiger partial charge in [-0.3, -0.25) is 9.78 Å². The number of hydrogen-bond donors (Lipinski definition) is 1. The molecule has 0 aliphatic carbocycles.